The van der Waals surface area contributed by atoms with Crippen LogP contribution >= 0.6 is 0 Å². The highest BCUT2D eigenvalue weighted by atomic mass is 19.1. The van der Waals surface area contributed by atoms with E-state index in [0.29, 0.717) is 17.9 Å². The van der Waals surface area contributed by atoms with Gasteiger partial charge in [0.2, 0.25) is 0 Å². The maximum atomic E-state index is 14.5. The van der Waals surface area contributed by atoms with E-state index < -0.39 is 0 Å². The van der Waals surface area contributed by atoms with E-state index >= 15 is 0 Å². The van der Waals surface area contributed by atoms with Crippen molar-refractivity contribution < 1.29 is 4.39 Å². The van der Waals surface area contributed by atoms with Crippen molar-refractivity contribution in [3.8, 4) is 11.3 Å². The largest absolute Gasteiger partial charge is 0.392 e. The van der Waals surface area contributed by atoms with E-state index in [1.54, 1.807) is 18.2 Å². The molecular formula is C20H15FN6. The molecule has 7 heteroatoms. The van der Waals surface area contributed by atoms with Gasteiger partial charge in [-0.2, -0.15) is 0 Å². The number of pyridine rings is 1. The lowest BCUT2D eigenvalue weighted by atomic mass is 10.1. The maximum absolute atomic E-state index is 14.5. The average Bonchev–Trinajstić information content (AvgIpc) is 3.05. The minimum atomic E-state index is -0.296. The summed E-state index contributed by atoms with van der Waals surface area (Å²) in [5.41, 5.74) is 9.00. The zero-order valence-electron chi connectivity index (χ0n) is 14.2. The molecule has 3 N–H and O–H groups in total. The molecular weight excluding hydrogens is 343 g/mol. The molecule has 0 amide bonds. The Morgan fingerprint density at radius 3 is 2.78 bits per heavy atom. The van der Waals surface area contributed by atoms with Gasteiger partial charge in [0.1, 0.15) is 23.8 Å². The van der Waals surface area contributed by atoms with Gasteiger partial charge in [-0.25, -0.2) is 19.2 Å². The van der Waals surface area contributed by atoms with Gasteiger partial charge in [0.15, 0.2) is 0 Å². The first-order valence-electron chi connectivity index (χ1n) is 8.24. The van der Waals surface area contributed by atoms with Crippen LogP contribution in [0.1, 0.15) is 5.56 Å². The molecule has 4 rings (SSSR count). The molecule has 3 aromatic heterocycles. The van der Waals surface area contributed by atoms with E-state index in [-0.39, 0.29) is 17.3 Å². The summed E-state index contributed by atoms with van der Waals surface area (Å²) in [6.07, 6.45) is 3.20. The van der Waals surface area contributed by atoms with Crippen LogP contribution in [0.25, 0.3) is 21.6 Å². The molecule has 0 aliphatic rings. The Balaban J connectivity index is 1.79. The summed E-state index contributed by atoms with van der Waals surface area (Å²) in [5.74, 6) is 0.182. The van der Waals surface area contributed by atoms with Gasteiger partial charge in [-0.3, -0.25) is 0 Å². The van der Waals surface area contributed by atoms with Crippen LogP contribution in [0.4, 0.5) is 21.7 Å². The van der Waals surface area contributed by atoms with Gasteiger partial charge in [0.25, 0.3) is 5.69 Å². The molecule has 3 heterocycles. The van der Waals surface area contributed by atoms with Gasteiger partial charge >= 0.3 is 0 Å². The molecule has 0 atom stereocenters. The SMILES string of the molecule is [C-]#[N+]c1c(N)ncnc1NCc1cc2ccccn2c1-c1ccccc1F. The molecule has 0 aliphatic heterocycles. The topological polar surface area (TPSA) is 72.6 Å². The normalized spacial score (nSPS) is 10.7. The fourth-order valence-electron chi connectivity index (χ4n) is 3.08. The smallest absolute Gasteiger partial charge is 0.268 e. The number of aromatic nitrogens is 3. The van der Waals surface area contributed by atoms with Crippen molar-refractivity contribution in [3.63, 3.8) is 0 Å². The number of nitrogens with zero attached hydrogens (tertiary/aromatic N) is 4. The lowest BCUT2D eigenvalue weighted by Crippen LogP contribution is -2.04. The lowest BCUT2D eigenvalue weighted by Gasteiger charge is -2.11. The van der Waals surface area contributed by atoms with E-state index in [1.165, 1.54) is 12.4 Å². The van der Waals surface area contributed by atoms with E-state index in [1.807, 2.05) is 34.9 Å². The van der Waals surface area contributed by atoms with Crippen molar-refractivity contribution in [1.29, 1.82) is 0 Å². The summed E-state index contributed by atoms with van der Waals surface area (Å²) in [6, 6.07) is 14.4. The molecule has 27 heavy (non-hydrogen) atoms. The Labute approximate surface area is 154 Å². The standard InChI is InChI=1S/C20H15FN6/c1-23-17-19(22)25-12-26-20(17)24-11-13-10-14-6-4-5-9-27(14)18(13)15-7-2-3-8-16(15)21/h2-10,12H,11H2,(H3,22,24,25,26). The summed E-state index contributed by atoms with van der Waals surface area (Å²) < 4.78 is 16.4. The number of hydrogen-bond acceptors (Lipinski definition) is 4. The van der Waals surface area contributed by atoms with Crippen LogP contribution in [0.15, 0.2) is 61.1 Å². The minimum absolute atomic E-state index is 0.124. The highest BCUT2D eigenvalue weighted by Crippen LogP contribution is 2.32. The summed E-state index contributed by atoms with van der Waals surface area (Å²) in [4.78, 5) is 11.3. The molecule has 0 spiro atoms. The zero-order chi connectivity index (χ0) is 18.8. The molecule has 4 aromatic rings. The van der Waals surface area contributed by atoms with Crippen molar-refractivity contribution in [2.24, 2.45) is 0 Å². The van der Waals surface area contributed by atoms with E-state index in [0.717, 1.165) is 16.8 Å². The molecule has 0 aliphatic carbocycles. The van der Waals surface area contributed by atoms with E-state index in [2.05, 4.69) is 20.1 Å². The van der Waals surface area contributed by atoms with Crippen molar-refractivity contribution in [1.82, 2.24) is 14.4 Å². The van der Waals surface area contributed by atoms with Crippen LogP contribution in [0.3, 0.4) is 0 Å². The number of nitrogen functional groups attached to an aromatic ring is 1. The first-order valence-corrected chi connectivity index (χ1v) is 8.24. The zero-order valence-corrected chi connectivity index (χ0v) is 14.2. The molecule has 0 saturated heterocycles. The van der Waals surface area contributed by atoms with Crippen LogP contribution < -0.4 is 11.1 Å². The average molecular weight is 358 g/mol. The second-order valence-electron chi connectivity index (χ2n) is 5.92. The van der Waals surface area contributed by atoms with E-state index in [9.17, 15) is 4.39 Å². The van der Waals surface area contributed by atoms with Crippen molar-refractivity contribution in [2.45, 2.75) is 6.54 Å². The minimum Gasteiger partial charge on any atom is -0.392 e. The predicted octanol–water partition coefficient (Wildman–Crippen LogP) is 4.28. The fourth-order valence-corrected chi connectivity index (χ4v) is 3.08. The molecule has 0 saturated carbocycles. The molecule has 1 aromatic carbocycles. The van der Waals surface area contributed by atoms with Gasteiger partial charge < -0.3 is 15.5 Å². The Morgan fingerprint density at radius 2 is 1.96 bits per heavy atom. The Hall–Kier alpha value is -3.92. The third-order valence-corrected chi connectivity index (χ3v) is 4.30. The van der Waals surface area contributed by atoms with Gasteiger partial charge in [0.05, 0.1) is 12.3 Å². The van der Waals surface area contributed by atoms with Crippen LogP contribution in [0.2, 0.25) is 0 Å². The summed E-state index contributed by atoms with van der Waals surface area (Å²) in [6.45, 7) is 7.62. The summed E-state index contributed by atoms with van der Waals surface area (Å²) in [5, 5.41) is 3.13. The highest BCUT2D eigenvalue weighted by Gasteiger charge is 2.16. The number of nitrogens with two attached hydrogens (primary N) is 1. The van der Waals surface area contributed by atoms with Crippen LogP contribution in [-0.4, -0.2) is 14.4 Å². The number of anilines is 2. The van der Waals surface area contributed by atoms with Crippen molar-refractivity contribution in [2.75, 3.05) is 11.1 Å². The number of fused-ring (bicyclic) bond motifs is 1. The number of nitrogens with one attached hydrogen (secondary N) is 1. The van der Waals surface area contributed by atoms with Crippen molar-refractivity contribution in [3.05, 3.63) is 83.9 Å². The van der Waals surface area contributed by atoms with Gasteiger partial charge in [-0.05, 0) is 35.9 Å². The molecule has 0 radical (unpaired) electrons. The van der Waals surface area contributed by atoms with Crippen molar-refractivity contribution >= 4 is 22.8 Å². The highest BCUT2D eigenvalue weighted by molar-refractivity contribution is 5.77. The number of halogens is 1. The second kappa shape index (κ2) is 6.77. The lowest BCUT2D eigenvalue weighted by molar-refractivity contribution is 0.630. The van der Waals surface area contributed by atoms with Gasteiger partial charge in [0, 0.05) is 23.8 Å². The first-order chi connectivity index (χ1) is 13.2. The van der Waals surface area contributed by atoms with Crippen LogP contribution in [-0.2, 0) is 6.54 Å². The number of rotatable bonds is 4. The van der Waals surface area contributed by atoms with Gasteiger partial charge in [-0.1, -0.05) is 18.2 Å². The second-order valence-corrected chi connectivity index (χ2v) is 5.92. The molecule has 0 fully saturated rings. The third-order valence-electron chi connectivity index (χ3n) is 4.30. The van der Waals surface area contributed by atoms with E-state index in [4.69, 9.17) is 12.3 Å². The first kappa shape index (κ1) is 16.5. The fraction of sp³-hybridized carbons (Fsp3) is 0.0500. The monoisotopic (exact) mass is 358 g/mol. The number of benzene rings is 1. The Morgan fingerprint density at radius 1 is 1.15 bits per heavy atom. The quantitative estimate of drug-likeness (QED) is 0.534. The summed E-state index contributed by atoms with van der Waals surface area (Å²) in [7, 11) is 0. The van der Waals surface area contributed by atoms with Gasteiger partial charge in [-0.15, -0.1) is 0 Å². The van der Waals surface area contributed by atoms with Crippen LogP contribution in [0, 0.1) is 12.4 Å². The Kier molecular flexibility index (Phi) is 4.15. The maximum Gasteiger partial charge on any atom is 0.268 e. The molecule has 6 nitrogen and oxygen atoms in total. The van der Waals surface area contributed by atoms with Crippen LogP contribution in [0.5, 0.6) is 0 Å². The molecule has 0 unspecified atom stereocenters. The number of hydrogen-bond donors (Lipinski definition) is 2. The Bertz CT molecular complexity index is 1170. The summed E-state index contributed by atoms with van der Waals surface area (Å²) >= 11 is 0. The predicted molar refractivity (Wildman–Crippen MR) is 103 cm³/mol. The molecule has 0 bridgehead atoms. The molecule has 132 valence electrons. The third kappa shape index (κ3) is 2.93.